The molecule has 2 rings (SSSR count). The molecule has 1 heterocycles. The minimum absolute atomic E-state index is 0.479. The second-order valence-electron chi connectivity index (χ2n) is 3.46. The van der Waals surface area contributed by atoms with Crippen LogP contribution in [0.1, 0.15) is 16.5 Å². The van der Waals surface area contributed by atoms with Gasteiger partial charge in [0.1, 0.15) is 0 Å². The van der Waals surface area contributed by atoms with Crippen molar-refractivity contribution in [2.24, 2.45) is 0 Å². The van der Waals surface area contributed by atoms with E-state index >= 15 is 0 Å². The Labute approximate surface area is 112 Å². The highest BCUT2D eigenvalue weighted by molar-refractivity contribution is 9.10. The van der Waals surface area contributed by atoms with Gasteiger partial charge in [0.05, 0.1) is 6.10 Å². The van der Waals surface area contributed by atoms with Crippen LogP contribution in [0.15, 0.2) is 40.2 Å². The minimum Gasteiger partial charge on any atom is -0.388 e. The Morgan fingerprint density at radius 1 is 1.25 bits per heavy atom. The first kappa shape index (κ1) is 12.1. The Morgan fingerprint density at radius 2 is 1.94 bits per heavy atom. The number of hydrogen-bond acceptors (Lipinski definition) is 2. The van der Waals surface area contributed by atoms with Crippen molar-refractivity contribution in [3.05, 3.63) is 55.6 Å². The number of thiophene rings is 1. The van der Waals surface area contributed by atoms with Crippen molar-refractivity contribution in [2.75, 3.05) is 0 Å². The summed E-state index contributed by atoms with van der Waals surface area (Å²) >= 11 is 10.9. The van der Waals surface area contributed by atoms with Crippen LogP contribution in [-0.2, 0) is 6.42 Å². The average Bonchev–Trinajstić information content (AvgIpc) is 2.65. The first-order valence-corrected chi connectivity index (χ1v) is 6.87. The Kier molecular flexibility index (Phi) is 4.03. The third-order valence-electron chi connectivity index (χ3n) is 2.32. The van der Waals surface area contributed by atoms with Crippen LogP contribution in [0, 0.1) is 0 Å². The maximum atomic E-state index is 10.1. The minimum atomic E-state index is -0.479. The van der Waals surface area contributed by atoms with Crippen molar-refractivity contribution in [1.29, 1.82) is 0 Å². The summed E-state index contributed by atoms with van der Waals surface area (Å²) in [6.45, 7) is 0. The second-order valence-corrected chi connectivity index (χ2v) is 5.75. The number of aliphatic hydroxyl groups excluding tert-OH is 1. The quantitative estimate of drug-likeness (QED) is 0.887. The molecule has 0 bridgehead atoms. The van der Waals surface area contributed by atoms with Crippen LogP contribution in [0.25, 0.3) is 0 Å². The van der Waals surface area contributed by atoms with Gasteiger partial charge in [0, 0.05) is 20.8 Å². The van der Waals surface area contributed by atoms with Gasteiger partial charge in [-0.3, -0.25) is 0 Å². The van der Waals surface area contributed by atoms with Crippen LogP contribution in [0.3, 0.4) is 0 Å². The number of hydrogen-bond donors (Lipinski definition) is 1. The van der Waals surface area contributed by atoms with Crippen LogP contribution in [-0.4, -0.2) is 5.11 Å². The Hall–Kier alpha value is -0.350. The van der Waals surface area contributed by atoms with E-state index in [1.807, 2.05) is 23.6 Å². The van der Waals surface area contributed by atoms with Crippen LogP contribution in [0.2, 0.25) is 5.02 Å². The van der Waals surface area contributed by atoms with E-state index in [4.69, 9.17) is 11.6 Å². The lowest BCUT2D eigenvalue weighted by molar-refractivity contribution is 0.179. The molecule has 0 spiro atoms. The summed E-state index contributed by atoms with van der Waals surface area (Å²) in [5, 5.41) is 12.7. The predicted octanol–water partition coefficient (Wildman–Crippen LogP) is 4.44. The summed E-state index contributed by atoms with van der Waals surface area (Å²) in [6.07, 6.45) is 0.145. The van der Waals surface area contributed by atoms with Gasteiger partial charge in [-0.05, 0) is 45.1 Å². The second kappa shape index (κ2) is 5.32. The topological polar surface area (TPSA) is 20.2 Å². The Morgan fingerprint density at radius 3 is 2.50 bits per heavy atom. The zero-order valence-electron chi connectivity index (χ0n) is 8.36. The molecule has 1 aromatic heterocycles. The van der Waals surface area contributed by atoms with Gasteiger partial charge in [-0.2, -0.15) is 0 Å². The highest BCUT2D eigenvalue weighted by Gasteiger charge is 2.11. The summed E-state index contributed by atoms with van der Waals surface area (Å²) in [5.41, 5.74) is 0.893. The molecule has 1 atom stereocenters. The SMILES string of the molecule is OC(Cc1sccc1Br)c1ccc(Cl)cc1. The lowest BCUT2D eigenvalue weighted by Crippen LogP contribution is -2.00. The van der Waals surface area contributed by atoms with Gasteiger partial charge in [0.15, 0.2) is 0 Å². The van der Waals surface area contributed by atoms with E-state index in [1.54, 1.807) is 23.5 Å². The van der Waals surface area contributed by atoms with Crippen molar-refractivity contribution in [2.45, 2.75) is 12.5 Å². The predicted molar refractivity (Wildman–Crippen MR) is 72.1 cm³/mol. The van der Waals surface area contributed by atoms with Crippen molar-refractivity contribution in [3.8, 4) is 0 Å². The molecule has 1 nitrogen and oxygen atoms in total. The van der Waals surface area contributed by atoms with E-state index in [0.717, 1.165) is 14.9 Å². The fourth-order valence-electron chi connectivity index (χ4n) is 1.45. The molecule has 0 saturated heterocycles. The average molecular weight is 318 g/mol. The summed E-state index contributed by atoms with van der Waals surface area (Å²) in [4.78, 5) is 1.16. The molecule has 1 aromatic carbocycles. The highest BCUT2D eigenvalue weighted by atomic mass is 79.9. The monoisotopic (exact) mass is 316 g/mol. The van der Waals surface area contributed by atoms with Gasteiger partial charge >= 0.3 is 0 Å². The molecular weight excluding hydrogens is 308 g/mol. The van der Waals surface area contributed by atoms with Crippen LogP contribution < -0.4 is 0 Å². The molecule has 0 aliphatic heterocycles. The molecule has 4 heteroatoms. The molecule has 1 unspecified atom stereocenters. The highest BCUT2D eigenvalue weighted by Crippen LogP contribution is 2.28. The summed E-state index contributed by atoms with van der Waals surface area (Å²) in [7, 11) is 0. The molecule has 0 aliphatic rings. The third kappa shape index (κ3) is 2.86. The van der Waals surface area contributed by atoms with Crippen LogP contribution >= 0.6 is 38.9 Å². The Balaban J connectivity index is 2.11. The summed E-state index contributed by atoms with van der Waals surface area (Å²) in [6, 6.07) is 9.30. The van der Waals surface area contributed by atoms with E-state index in [-0.39, 0.29) is 0 Å². The van der Waals surface area contributed by atoms with E-state index in [0.29, 0.717) is 11.4 Å². The molecule has 1 N–H and O–H groups in total. The number of halogens is 2. The zero-order chi connectivity index (χ0) is 11.5. The largest absolute Gasteiger partial charge is 0.388 e. The molecular formula is C12H10BrClOS. The fraction of sp³-hybridized carbons (Fsp3) is 0.167. The maximum absolute atomic E-state index is 10.1. The fourth-order valence-corrected chi connectivity index (χ4v) is 3.13. The molecule has 2 aromatic rings. The van der Waals surface area contributed by atoms with Crippen molar-refractivity contribution < 1.29 is 5.11 Å². The van der Waals surface area contributed by atoms with Gasteiger partial charge in [-0.15, -0.1) is 11.3 Å². The van der Waals surface area contributed by atoms with E-state index in [1.165, 1.54) is 0 Å². The molecule has 0 saturated carbocycles. The van der Waals surface area contributed by atoms with Crippen molar-refractivity contribution in [3.63, 3.8) is 0 Å². The lowest BCUT2D eigenvalue weighted by Gasteiger charge is -2.10. The van der Waals surface area contributed by atoms with E-state index in [9.17, 15) is 5.11 Å². The molecule has 84 valence electrons. The van der Waals surface area contributed by atoms with Gasteiger partial charge in [0.25, 0.3) is 0 Å². The summed E-state index contributed by atoms with van der Waals surface area (Å²) < 4.78 is 1.06. The molecule has 0 aliphatic carbocycles. The third-order valence-corrected chi connectivity index (χ3v) is 4.53. The maximum Gasteiger partial charge on any atom is 0.0838 e. The molecule has 0 radical (unpaired) electrons. The smallest absolute Gasteiger partial charge is 0.0838 e. The van der Waals surface area contributed by atoms with E-state index in [2.05, 4.69) is 15.9 Å². The van der Waals surface area contributed by atoms with E-state index < -0.39 is 6.10 Å². The van der Waals surface area contributed by atoms with Gasteiger partial charge in [-0.1, -0.05) is 23.7 Å². The summed E-state index contributed by atoms with van der Waals surface area (Å²) in [5.74, 6) is 0. The van der Waals surface area contributed by atoms with Crippen LogP contribution in [0.5, 0.6) is 0 Å². The van der Waals surface area contributed by atoms with Gasteiger partial charge in [-0.25, -0.2) is 0 Å². The van der Waals surface area contributed by atoms with Crippen LogP contribution in [0.4, 0.5) is 0 Å². The van der Waals surface area contributed by atoms with Crippen molar-refractivity contribution in [1.82, 2.24) is 0 Å². The zero-order valence-corrected chi connectivity index (χ0v) is 11.5. The van der Waals surface area contributed by atoms with Gasteiger partial charge in [0.2, 0.25) is 0 Å². The number of rotatable bonds is 3. The standard InChI is InChI=1S/C12H10BrClOS/c13-10-5-6-16-12(10)7-11(15)8-1-3-9(14)4-2-8/h1-6,11,15H,7H2. The first-order chi connectivity index (χ1) is 7.66. The van der Waals surface area contributed by atoms with Crippen molar-refractivity contribution >= 4 is 38.9 Å². The molecule has 16 heavy (non-hydrogen) atoms. The number of benzene rings is 1. The number of aliphatic hydroxyl groups is 1. The Bertz CT molecular complexity index is 466. The first-order valence-electron chi connectivity index (χ1n) is 4.82. The molecule has 0 fully saturated rings. The van der Waals surface area contributed by atoms with Gasteiger partial charge < -0.3 is 5.11 Å². The normalized spacial score (nSPS) is 12.7. The lowest BCUT2D eigenvalue weighted by atomic mass is 10.1. The molecule has 0 amide bonds.